The fourth-order valence-electron chi connectivity index (χ4n) is 2.72. The van der Waals surface area contributed by atoms with Gasteiger partial charge in [0.05, 0.1) is 17.1 Å². The fourth-order valence-corrected chi connectivity index (χ4v) is 2.72. The van der Waals surface area contributed by atoms with Crippen LogP contribution in [0.4, 0.5) is 0 Å². The van der Waals surface area contributed by atoms with Crippen LogP contribution in [-0.4, -0.2) is 33.9 Å². The van der Waals surface area contributed by atoms with Gasteiger partial charge in [0.25, 0.3) is 0 Å². The van der Waals surface area contributed by atoms with Crippen molar-refractivity contribution in [3.8, 4) is 0 Å². The zero-order chi connectivity index (χ0) is 17.5. The summed E-state index contributed by atoms with van der Waals surface area (Å²) in [5.41, 5.74) is 4.31. The minimum Gasteiger partial charge on any atom is -0.387 e. The van der Waals surface area contributed by atoms with Crippen LogP contribution in [0, 0.1) is 6.92 Å². The van der Waals surface area contributed by atoms with Crippen molar-refractivity contribution in [3.63, 3.8) is 0 Å². The van der Waals surface area contributed by atoms with Crippen molar-refractivity contribution in [1.29, 1.82) is 0 Å². The van der Waals surface area contributed by atoms with E-state index in [2.05, 4.69) is 39.6 Å². The van der Waals surface area contributed by atoms with Crippen molar-refractivity contribution in [2.45, 2.75) is 26.4 Å². The molecule has 0 amide bonds. The van der Waals surface area contributed by atoms with Crippen LogP contribution in [0.5, 0.6) is 0 Å². The minimum atomic E-state index is -0.528. The van der Waals surface area contributed by atoms with E-state index < -0.39 is 6.10 Å². The van der Waals surface area contributed by atoms with E-state index in [0.29, 0.717) is 6.54 Å². The first-order valence-electron chi connectivity index (χ1n) is 8.33. The molecule has 2 rings (SSSR count). The summed E-state index contributed by atoms with van der Waals surface area (Å²) in [6.45, 7) is 8.97. The van der Waals surface area contributed by atoms with Gasteiger partial charge in [-0.05, 0) is 50.1 Å². The van der Waals surface area contributed by atoms with E-state index in [4.69, 9.17) is 0 Å². The number of aromatic nitrogens is 2. The standard InChI is InChI=1S/C20H27N3O/c1-5-7-17(8-6-2)20(24)14-21-12-11-16-9-10-19-18(13-16)22-15(3)23(19)4/h5-10,13,20-21,24H,1,11-12,14H2,2-4H3/b8-6-,17-7+. The molecule has 1 heterocycles. The third-order valence-corrected chi connectivity index (χ3v) is 4.15. The number of nitrogens with one attached hydrogen (secondary N) is 1. The maximum absolute atomic E-state index is 10.2. The maximum atomic E-state index is 10.2. The number of aliphatic hydroxyl groups is 1. The highest BCUT2D eigenvalue weighted by Crippen LogP contribution is 2.16. The summed E-state index contributed by atoms with van der Waals surface area (Å²) in [6.07, 6.45) is 7.74. The number of nitrogens with zero attached hydrogens (tertiary/aromatic N) is 2. The molecule has 4 nitrogen and oxygen atoms in total. The van der Waals surface area contributed by atoms with E-state index in [-0.39, 0.29) is 0 Å². The van der Waals surface area contributed by atoms with E-state index in [0.717, 1.165) is 35.4 Å². The van der Waals surface area contributed by atoms with Crippen LogP contribution in [0.15, 0.2) is 54.7 Å². The number of aliphatic hydroxyl groups excluding tert-OH is 1. The van der Waals surface area contributed by atoms with Crippen molar-refractivity contribution in [1.82, 2.24) is 14.9 Å². The Bertz CT molecular complexity index is 756. The zero-order valence-corrected chi connectivity index (χ0v) is 14.8. The van der Waals surface area contributed by atoms with E-state index in [1.165, 1.54) is 5.56 Å². The second-order valence-corrected chi connectivity index (χ2v) is 5.91. The molecule has 2 N–H and O–H groups in total. The second kappa shape index (κ2) is 8.62. The molecular formula is C20H27N3O. The van der Waals surface area contributed by atoms with E-state index >= 15 is 0 Å². The number of benzene rings is 1. The van der Waals surface area contributed by atoms with Gasteiger partial charge in [-0.25, -0.2) is 4.98 Å². The van der Waals surface area contributed by atoms with Crippen molar-refractivity contribution >= 4 is 11.0 Å². The van der Waals surface area contributed by atoms with Gasteiger partial charge in [-0.3, -0.25) is 0 Å². The van der Waals surface area contributed by atoms with Crippen LogP contribution in [0.1, 0.15) is 18.3 Å². The van der Waals surface area contributed by atoms with Gasteiger partial charge >= 0.3 is 0 Å². The first-order chi connectivity index (χ1) is 11.6. The van der Waals surface area contributed by atoms with Gasteiger partial charge in [0.2, 0.25) is 0 Å². The normalized spacial score (nSPS) is 13.8. The van der Waals surface area contributed by atoms with Crippen LogP contribution < -0.4 is 5.32 Å². The average molecular weight is 325 g/mol. The Morgan fingerprint density at radius 3 is 2.96 bits per heavy atom. The highest BCUT2D eigenvalue weighted by molar-refractivity contribution is 5.76. The Balaban J connectivity index is 1.88. The van der Waals surface area contributed by atoms with Gasteiger partial charge in [-0.1, -0.05) is 36.9 Å². The van der Waals surface area contributed by atoms with Crippen LogP contribution in [0.2, 0.25) is 0 Å². The summed E-state index contributed by atoms with van der Waals surface area (Å²) in [4.78, 5) is 4.57. The first-order valence-corrected chi connectivity index (χ1v) is 8.33. The topological polar surface area (TPSA) is 50.1 Å². The van der Waals surface area contributed by atoms with Gasteiger partial charge in [-0.15, -0.1) is 0 Å². The first kappa shape index (κ1) is 18.2. The van der Waals surface area contributed by atoms with Gasteiger partial charge in [0.1, 0.15) is 5.82 Å². The number of fused-ring (bicyclic) bond motifs is 1. The van der Waals surface area contributed by atoms with Gasteiger partial charge < -0.3 is 15.0 Å². The van der Waals surface area contributed by atoms with Crippen LogP contribution >= 0.6 is 0 Å². The number of aryl methyl sites for hydroxylation is 2. The molecule has 1 atom stereocenters. The summed E-state index contributed by atoms with van der Waals surface area (Å²) in [6, 6.07) is 6.41. The van der Waals surface area contributed by atoms with Gasteiger partial charge in [0, 0.05) is 13.6 Å². The SMILES string of the molecule is C=C/C=C(\C=C/C)C(O)CNCCc1ccc2c(c1)nc(C)n2C. The Morgan fingerprint density at radius 2 is 2.25 bits per heavy atom. The molecule has 0 bridgehead atoms. The number of hydrogen-bond donors (Lipinski definition) is 2. The molecule has 128 valence electrons. The third-order valence-electron chi connectivity index (χ3n) is 4.15. The average Bonchev–Trinajstić information content (AvgIpc) is 2.85. The minimum absolute atomic E-state index is 0.523. The smallest absolute Gasteiger partial charge is 0.106 e. The largest absolute Gasteiger partial charge is 0.387 e. The number of hydrogen-bond acceptors (Lipinski definition) is 3. The number of rotatable bonds is 8. The second-order valence-electron chi connectivity index (χ2n) is 5.91. The quantitative estimate of drug-likeness (QED) is 0.579. The van der Waals surface area contributed by atoms with Crippen LogP contribution in [0.3, 0.4) is 0 Å². The molecule has 2 aromatic rings. The van der Waals surface area contributed by atoms with E-state index in [9.17, 15) is 5.11 Å². The van der Waals surface area contributed by atoms with Crippen LogP contribution in [-0.2, 0) is 13.5 Å². The number of allylic oxidation sites excluding steroid dienone is 3. The molecule has 1 aromatic carbocycles. The maximum Gasteiger partial charge on any atom is 0.106 e. The molecule has 0 spiro atoms. The number of imidazole rings is 1. The lowest BCUT2D eigenvalue weighted by molar-refractivity contribution is 0.211. The Hall–Kier alpha value is -2.17. The lowest BCUT2D eigenvalue weighted by atomic mass is 10.1. The summed E-state index contributed by atoms with van der Waals surface area (Å²) in [5, 5.41) is 13.5. The molecule has 0 saturated heterocycles. The molecule has 0 radical (unpaired) electrons. The Morgan fingerprint density at radius 1 is 1.46 bits per heavy atom. The van der Waals surface area contributed by atoms with Gasteiger partial charge in [-0.2, -0.15) is 0 Å². The lowest BCUT2D eigenvalue weighted by Crippen LogP contribution is -2.29. The van der Waals surface area contributed by atoms with Crippen molar-refractivity contribution in [2.24, 2.45) is 7.05 Å². The monoisotopic (exact) mass is 325 g/mol. The summed E-state index contributed by atoms with van der Waals surface area (Å²) in [5.74, 6) is 1.02. The predicted octanol–water partition coefficient (Wildman–Crippen LogP) is 3.06. The predicted molar refractivity (Wildman–Crippen MR) is 101 cm³/mol. The van der Waals surface area contributed by atoms with Crippen molar-refractivity contribution in [3.05, 3.63) is 66.0 Å². The lowest BCUT2D eigenvalue weighted by Gasteiger charge is -2.13. The molecule has 0 aliphatic heterocycles. The molecule has 0 fully saturated rings. The van der Waals surface area contributed by atoms with E-state index in [1.54, 1.807) is 6.08 Å². The molecular weight excluding hydrogens is 298 g/mol. The highest BCUT2D eigenvalue weighted by atomic mass is 16.3. The molecule has 1 unspecified atom stereocenters. The van der Waals surface area contributed by atoms with E-state index in [1.807, 2.05) is 39.1 Å². The van der Waals surface area contributed by atoms with Gasteiger partial charge in [0.15, 0.2) is 0 Å². The molecule has 4 heteroatoms. The fraction of sp³-hybridized carbons (Fsp3) is 0.350. The summed E-state index contributed by atoms with van der Waals surface area (Å²) in [7, 11) is 2.03. The van der Waals surface area contributed by atoms with Crippen LogP contribution in [0.25, 0.3) is 11.0 Å². The molecule has 0 aliphatic rings. The summed E-state index contributed by atoms with van der Waals surface area (Å²) >= 11 is 0. The Kier molecular flexibility index (Phi) is 6.53. The Labute approximate surface area is 144 Å². The molecule has 0 aliphatic carbocycles. The third kappa shape index (κ3) is 4.43. The molecule has 0 saturated carbocycles. The molecule has 24 heavy (non-hydrogen) atoms. The zero-order valence-electron chi connectivity index (χ0n) is 14.8. The molecule has 1 aromatic heterocycles. The van der Waals surface area contributed by atoms with Crippen molar-refractivity contribution < 1.29 is 5.11 Å². The highest BCUT2D eigenvalue weighted by Gasteiger charge is 2.07. The van der Waals surface area contributed by atoms with Crippen molar-refractivity contribution in [2.75, 3.05) is 13.1 Å². The summed E-state index contributed by atoms with van der Waals surface area (Å²) < 4.78 is 2.10.